The van der Waals surface area contributed by atoms with E-state index in [-0.39, 0.29) is 28.6 Å². The third-order valence-corrected chi connectivity index (χ3v) is 2.76. The fraction of sp³-hybridized carbons (Fsp3) is 0.333. The topological polar surface area (TPSA) is 86.6 Å². The minimum absolute atomic E-state index is 0.125. The maximum atomic E-state index is 10.9. The molecule has 1 amide bonds. The van der Waals surface area contributed by atoms with Crippen molar-refractivity contribution in [1.29, 1.82) is 0 Å². The number of aldehydes is 1. The molecule has 2 atom stereocenters. The average molecular weight is 272 g/mol. The summed E-state index contributed by atoms with van der Waals surface area (Å²) in [7, 11) is 0. The minimum atomic E-state index is -1.34. The summed E-state index contributed by atoms with van der Waals surface area (Å²) in [5, 5.41) is 22.2. The molecule has 3 N–H and O–H groups in total. The highest BCUT2D eigenvalue weighted by Gasteiger charge is 2.23. The van der Waals surface area contributed by atoms with Crippen LogP contribution >= 0.6 is 11.6 Å². The van der Waals surface area contributed by atoms with Crippen molar-refractivity contribution < 1.29 is 19.8 Å². The van der Waals surface area contributed by atoms with Gasteiger partial charge in [0.1, 0.15) is 18.5 Å². The molecule has 1 aromatic rings. The van der Waals surface area contributed by atoms with Crippen molar-refractivity contribution in [2.75, 3.05) is 6.54 Å². The molecule has 0 aromatic heterocycles. The van der Waals surface area contributed by atoms with Crippen molar-refractivity contribution >= 4 is 23.8 Å². The van der Waals surface area contributed by atoms with Gasteiger partial charge in [0.05, 0.1) is 0 Å². The Morgan fingerprint density at radius 2 is 2.17 bits per heavy atom. The summed E-state index contributed by atoms with van der Waals surface area (Å²) in [4.78, 5) is 21.6. The van der Waals surface area contributed by atoms with E-state index < -0.39 is 12.2 Å². The van der Waals surface area contributed by atoms with Gasteiger partial charge in [-0.2, -0.15) is 0 Å². The lowest BCUT2D eigenvalue weighted by molar-refractivity contribution is -0.119. The van der Waals surface area contributed by atoms with Gasteiger partial charge in [-0.05, 0) is 6.07 Å². The smallest absolute Gasteiger partial charge is 0.216 e. The SMILES string of the molecule is CC(=O)NCC(O)C(O)c1c(Cl)cccc1C=O. The van der Waals surface area contributed by atoms with Crippen molar-refractivity contribution in [3.8, 4) is 0 Å². The first-order valence-corrected chi connectivity index (χ1v) is 5.69. The number of carbonyl (C=O) groups excluding carboxylic acids is 2. The molecule has 0 saturated heterocycles. The molecule has 2 unspecified atom stereocenters. The summed E-state index contributed by atoms with van der Waals surface area (Å²) in [6.45, 7) is 1.17. The number of amides is 1. The molecule has 0 spiro atoms. The Kier molecular flexibility index (Phi) is 5.27. The number of aliphatic hydroxyl groups is 2. The fourth-order valence-electron chi connectivity index (χ4n) is 1.52. The van der Waals surface area contributed by atoms with Crippen LogP contribution in [0.25, 0.3) is 0 Å². The van der Waals surface area contributed by atoms with E-state index in [0.717, 1.165) is 0 Å². The van der Waals surface area contributed by atoms with E-state index in [1.54, 1.807) is 6.07 Å². The molecule has 1 aromatic carbocycles. The second-order valence-corrected chi connectivity index (χ2v) is 4.22. The molecular weight excluding hydrogens is 258 g/mol. The quantitative estimate of drug-likeness (QED) is 0.688. The van der Waals surface area contributed by atoms with Crippen LogP contribution in [0.5, 0.6) is 0 Å². The van der Waals surface area contributed by atoms with Crippen LogP contribution in [0.2, 0.25) is 5.02 Å². The summed E-state index contributed by atoms with van der Waals surface area (Å²) in [6, 6.07) is 4.57. The predicted molar refractivity (Wildman–Crippen MR) is 66.5 cm³/mol. The van der Waals surface area contributed by atoms with Crippen LogP contribution in [0.3, 0.4) is 0 Å². The zero-order chi connectivity index (χ0) is 13.7. The number of rotatable bonds is 5. The number of hydrogen-bond donors (Lipinski definition) is 3. The third kappa shape index (κ3) is 3.53. The van der Waals surface area contributed by atoms with E-state index in [4.69, 9.17) is 11.6 Å². The van der Waals surface area contributed by atoms with Gasteiger partial charge in [0.25, 0.3) is 0 Å². The average Bonchev–Trinajstić information content (AvgIpc) is 2.34. The second kappa shape index (κ2) is 6.49. The van der Waals surface area contributed by atoms with Crippen LogP contribution in [0.15, 0.2) is 18.2 Å². The molecule has 0 saturated carbocycles. The molecule has 0 aliphatic rings. The lowest BCUT2D eigenvalue weighted by atomic mass is 9.99. The largest absolute Gasteiger partial charge is 0.388 e. The molecule has 0 bridgehead atoms. The van der Waals surface area contributed by atoms with Gasteiger partial charge in [-0.3, -0.25) is 9.59 Å². The van der Waals surface area contributed by atoms with E-state index in [1.165, 1.54) is 19.1 Å². The Morgan fingerprint density at radius 3 is 2.72 bits per heavy atom. The van der Waals surface area contributed by atoms with E-state index in [0.29, 0.717) is 6.29 Å². The Hall–Kier alpha value is -1.43. The molecule has 98 valence electrons. The first-order valence-electron chi connectivity index (χ1n) is 5.31. The number of nitrogens with one attached hydrogen (secondary N) is 1. The van der Waals surface area contributed by atoms with Crippen LogP contribution in [0, 0.1) is 0 Å². The van der Waals surface area contributed by atoms with Gasteiger partial charge in [-0.15, -0.1) is 0 Å². The van der Waals surface area contributed by atoms with E-state index in [9.17, 15) is 19.8 Å². The molecule has 0 aliphatic heterocycles. The zero-order valence-electron chi connectivity index (χ0n) is 9.76. The van der Waals surface area contributed by atoms with Gasteiger partial charge in [0.2, 0.25) is 5.91 Å². The lowest BCUT2D eigenvalue weighted by Crippen LogP contribution is -2.34. The van der Waals surface area contributed by atoms with Gasteiger partial charge < -0.3 is 15.5 Å². The molecular formula is C12H14ClNO4. The summed E-state index contributed by atoms with van der Waals surface area (Å²) < 4.78 is 0. The summed E-state index contributed by atoms with van der Waals surface area (Å²) in [5.41, 5.74) is 0.365. The second-order valence-electron chi connectivity index (χ2n) is 3.81. The normalized spacial score (nSPS) is 13.8. The third-order valence-electron chi connectivity index (χ3n) is 2.43. The molecule has 6 heteroatoms. The van der Waals surface area contributed by atoms with Gasteiger partial charge in [-0.1, -0.05) is 23.7 Å². The number of carbonyl (C=O) groups is 2. The highest BCUT2D eigenvalue weighted by atomic mass is 35.5. The Balaban J connectivity index is 2.92. The van der Waals surface area contributed by atoms with Crippen molar-refractivity contribution in [1.82, 2.24) is 5.32 Å². The van der Waals surface area contributed by atoms with Gasteiger partial charge in [0.15, 0.2) is 0 Å². The van der Waals surface area contributed by atoms with Crippen molar-refractivity contribution in [2.24, 2.45) is 0 Å². The van der Waals surface area contributed by atoms with Crippen LogP contribution in [0.1, 0.15) is 28.9 Å². The van der Waals surface area contributed by atoms with Gasteiger partial charge >= 0.3 is 0 Å². The Labute approximate surface area is 109 Å². The molecule has 5 nitrogen and oxygen atoms in total. The molecule has 0 heterocycles. The standard InChI is InChI=1S/C12H14ClNO4/c1-7(16)14-5-10(17)12(18)11-8(6-15)3-2-4-9(11)13/h2-4,6,10,12,17-18H,5H2,1H3,(H,14,16). The highest BCUT2D eigenvalue weighted by Crippen LogP contribution is 2.27. The maximum absolute atomic E-state index is 10.9. The minimum Gasteiger partial charge on any atom is -0.388 e. The van der Waals surface area contributed by atoms with Crippen molar-refractivity contribution in [2.45, 2.75) is 19.1 Å². The zero-order valence-corrected chi connectivity index (χ0v) is 10.5. The van der Waals surface area contributed by atoms with Gasteiger partial charge in [-0.25, -0.2) is 0 Å². The Morgan fingerprint density at radius 1 is 1.50 bits per heavy atom. The number of aliphatic hydroxyl groups excluding tert-OH is 2. The molecule has 0 aliphatic carbocycles. The first kappa shape index (κ1) is 14.6. The van der Waals surface area contributed by atoms with Crippen LogP contribution in [0.4, 0.5) is 0 Å². The highest BCUT2D eigenvalue weighted by molar-refractivity contribution is 6.31. The molecule has 18 heavy (non-hydrogen) atoms. The predicted octanol–water partition coefficient (Wildman–Crippen LogP) is 0.683. The monoisotopic (exact) mass is 271 g/mol. The van der Waals surface area contributed by atoms with E-state index in [2.05, 4.69) is 5.32 Å². The molecule has 0 fully saturated rings. The molecule has 1 rings (SSSR count). The number of benzene rings is 1. The number of halogens is 1. The fourth-order valence-corrected chi connectivity index (χ4v) is 1.81. The van der Waals surface area contributed by atoms with Crippen LogP contribution in [-0.2, 0) is 4.79 Å². The lowest BCUT2D eigenvalue weighted by Gasteiger charge is -2.20. The van der Waals surface area contributed by atoms with Gasteiger partial charge in [0, 0.05) is 29.6 Å². The summed E-state index contributed by atoms with van der Waals surface area (Å²) in [6.07, 6.45) is -2.03. The summed E-state index contributed by atoms with van der Waals surface area (Å²) in [5.74, 6) is -0.323. The van der Waals surface area contributed by atoms with E-state index >= 15 is 0 Å². The van der Waals surface area contributed by atoms with E-state index in [1.807, 2.05) is 0 Å². The van der Waals surface area contributed by atoms with Crippen molar-refractivity contribution in [3.05, 3.63) is 34.3 Å². The van der Waals surface area contributed by atoms with Crippen LogP contribution in [-0.4, -0.2) is 35.1 Å². The summed E-state index contributed by atoms with van der Waals surface area (Å²) >= 11 is 5.89. The first-order chi connectivity index (χ1) is 8.47. The van der Waals surface area contributed by atoms with Crippen molar-refractivity contribution in [3.63, 3.8) is 0 Å². The number of hydrogen-bond acceptors (Lipinski definition) is 4. The Bertz CT molecular complexity index is 450. The molecule has 0 radical (unpaired) electrons. The maximum Gasteiger partial charge on any atom is 0.216 e. The van der Waals surface area contributed by atoms with Crippen LogP contribution < -0.4 is 5.32 Å².